The number of carbonyl (C=O) groups is 1. The summed E-state index contributed by atoms with van der Waals surface area (Å²) in [6, 6.07) is -0.281. The summed E-state index contributed by atoms with van der Waals surface area (Å²) in [7, 11) is 0. The van der Waals surface area contributed by atoms with Gasteiger partial charge in [-0.2, -0.15) is 0 Å². The van der Waals surface area contributed by atoms with E-state index in [1.54, 1.807) is 0 Å². The van der Waals surface area contributed by atoms with Gasteiger partial charge in [0.1, 0.15) is 0 Å². The van der Waals surface area contributed by atoms with Crippen molar-refractivity contribution in [2.75, 3.05) is 13.2 Å². The molecular weight excluding hydrogens is 351 g/mol. The van der Waals surface area contributed by atoms with E-state index < -0.39 is 0 Å². The van der Waals surface area contributed by atoms with Gasteiger partial charge in [0.15, 0.2) is 12.3 Å². The number of unbranched alkanes of at least 4 members (excludes halogenated alkanes) is 7. The fourth-order valence-corrected chi connectivity index (χ4v) is 2.28. The fourth-order valence-electron chi connectivity index (χ4n) is 2.28. The lowest BCUT2D eigenvalue weighted by molar-refractivity contribution is -0.427. The number of quaternary nitrogens is 2. The number of ether oxygens (including phenoxy) is 1. The summed E-state index contributed by atoms with van der Waals surface area (Å²) >= 11 is 0. The topological polar surface area (TPSA) is 120 Å². The molecule has 0 spiro atoms. The van der Waals surface area contributed by atoms with Gasteiger partial charge in [-0.25, -0.2) is 4.79 Å². The van der Waals surface area contributed by atoms with Crippen LogP contribution < -0.4 is 47.3 Å². The molecule has 0 aromatic rings. The third kappa shape index (κ3) is 19.9. The number of nitrogens with one attached hydrogen (secondary N) is 1. The van der Waals surface area contributed by atoms with Crippen molar-refractivity contribution in [3.63, 3.8) is 0 Å². The summed E-state index contributed by atoms with van der Waals surface area (Å²) in [6.07, 6.45) is 11.3. The number of rotatable bonds is 15. The van der Waals surface area contributed by atoms with Crippen LogP contribution >= 0.6 is 0 Å². The van der Waals surface area contributed by atoms with Crippen LogP contribution in [0.5, 0.6) is 0 Å². The van der Waals surface area contributed by atoms with Crippen LogP contribution in [0.4, 0.5) is 0 Å². The van der Waals surface area contributed by atoms with Gasteiger partial charge < -0.3 is 41.0 Å². The first kappa shape index (κ1) is 28.7. The monoisotopic (exact) mass is 388 g/mol. The number of hydrogen-bond donors (Lipinski definition) is 4. The summed E-state index contributed by atoms with van der Waals surface area (Å²) in [5, 5.41) is 3.01. The molecule has 0 bridgehead atoms. The molecule has 8 heteroatoms. The van der Waals surface area contributed by atoms with E-state index in [9.17, 15) is 4.79 Å². The van der Waals surface area contributed by atoms with Gasteiger partial charge in [0.2, 0.25) is 0 Å². The molecular formula is C16H38Cl2N4O2. The number of carbonyl (C=O) groups excluding carboxylic acids is 1. The van der Waals surface area contributed by atoms with Crippen LogP contribution in [0.3, 0.4) is 0 Å². The quantitative estimate of drug-likeness (QED) is 0.127. The van der Waals surface area contributed by atoms with Gasteiger partial charge in [0.25, 0.3) is 0 Å². The Bertz CT molecular complexity index is 272. The summed E-state index contributed by atoms with van der Waals surface area (Å²) in [5.41, 5.74) is 13.0. The second kappa shape index (κ2) is 20.9. The van der Waals surface area contributed by atoms with E-state index >= 15 is 0 Å². The van der Waals surface area contributed by atoms with E-state index in [0.717, 1.165) is 32.2 Å². The molecule has 0 radical (unpaired) electrons. The average Bonchev–Trinajstić information content (AvgIpc) is 2.49. The van der Waals surface area contributed by atoms with Crippen molar-refractivity contribution < 1.29 is 45.8 Å². The zero-order chi connectivity index (χ0) is 16.6. The van der Waals surface area contributed by atoms with Gasteiger partial charge in [0, 0.05) is 13.0 Å². The first-order valence-corrected chi connectivity index (χ1v) is 8.89. The fraction of sp³-hybridized carbons (Fsp3) is 0.938. The van der Waals surface area contributed by atoms with Crippen molar-refractivity contribution in [2.45, 2.75) is 83.5 Å². The number of nitrogens with two attached hydrogens (primary N) is 1. The Kier molecular flexibility index (Phi) is 25.0. The van der Waals surface area contributed by atoms with Gasteiger partial charge in [-0.15, -0.1) is 0 Å². The molecule has 0 amide bonds. The molecule has 2 atom stereocenters. The maximum Gasteiger partial charge on any atom is 0.364 e. The Hall–Kier alpha value is -0.110. The van der Waals surface area contributed by atoms with Gasteiger partial charge in [0.05, 0.1) is 6.61 Å². The number of esters is 1. The van der Waals surface area contributed by atoms with Crippen LogP contribution in [0.2, 0.25) is 0 Å². The predicted molar refractivity (Wildman–Crippen MR) is 88.3 cm³/mol. The molecule has 2 unspecified atom stereocenters. The van der Waals surface area contributed by atoms with Crippen molar-refractivity contribution >= 4 is 5.97 Å². The second-order valence-corrected chi connectivity index (χ2v) is 6.04. The van der Waals surface area contributed by atoms with Gasteiger partial charge in [-0.05, 0) is 12.8 Å². The molecule has 0 aromatic heterocycles. The predicted octanol–water partition coefficient (Wildman–Crippen LogP) is -5.86. The lowest BCUT2D eigenvalue weighted by Crippen LogP contribution is -3.00. The van der Waals surface area contributed by atoms with Crippen LogP contribution in [-0.4, -0.2) is 31.5 Å². The van der Waals surface area contributed by atoms with E-state index in [2.05, 4.69) is 23.7 Å². The number of hydrogen-bond acceptors (Lipinski definition) is 4. The highest BCUT2D eigenvalue weighted by Gasteiger charge is 2.18. The molecule has 6 nitrogen and oxygen atoms in total. The Labute approximate surface area is 159 Å². The maximum atomic E-state index is 11.7. The largest absolute Gasteiger partial charge is 1.00 e. The maximum absolute atomic E-state index is 11.7. The lowest BCUT2D eigenvalue weighted by Gasteiger charge is -2.10. The Balaban J connectivity index is -0.00000220. The molecule has 148 valence electrons. The Morgan fingerprint density at radius 3 is 2.08 bits per heavy atom. The van der Waals surface area contributed by atoms with Gasteiger partial charge >= 0.3 is 5.97 Å². The van der Waals surface area contributed by atoms with E-state index in [4.69, 9.17) is 10.5 Å². The zero-order valence-electron chi connectivity index (χ0n) is 15.2. The van der Waals surface area contributed by atoms with Crippen molar-refractivity contribution in [3.05, 3.63) is 0 Å². The van der Waals surface area contributed by atoms with Gasteiger partial charge in [-0.3, -0.25) is 11.1 Å². The van der Waals surface area contributed by atoms with Crippen molar-refractivity contribution in [2.24, 2.45) is 5.73 Å². The molecule has 0 aromatic carbocycles. The molecule has 0 rings (SSSR count). The van der Waals surface area contributed by atoms with Crippen molar-refractivity contribution in [3.8, 4) is 0 Å². The van der Waals surface area contributed by atoms with E-state index in [0.29, 0.717) is 6.61 Å². The standard InChI is InChI=1S/C16H36N4O2.2ClH/c1-2-3-4-5-6-7-8-9-13-22-15(21)14(17)11-10-12-20-16(18)19;;/h14,16,20H,2-13,17-19H2,1H3;2*1H. The van der Waals surface area contributed by atoms with Crippen LogP contribution in [0.25, 0.3) is 0 Å². The molecule has 0 saturated carbocycles. The first-order valence-electron chi connectivity index (χ1n) is 8.89. The normalized spacial score (nSPS) is 12.7. The van der Waals surface area contributed by atoms with E-state index in [1.807, 2.05) is 0 Å². The highest BCUT2D eigenvalue weighted by atomic mass is 35.5. The highest BCUT2D eigenvalue weighted by Crippen LogP contribution is 2.08. The summed E-state index contributed by atoms with van der Waals surface area (Å²) in [5.74, 6) is -0.179. The van der Waals surface area contributed by atoms with Crippen LogP contribution in [0, 0.1) is 0 Å². The number of halogens is 2. The minimum Gasteiger partial charge on any atom is -1.00 e. The molecule has 0 aliphatic rings. The second-order valence-electron chi connectivity index (χ2n) is 6.04. The molecule has 24 heavy (non-hydrogen) atoms. The minimum atomic E-state index is -0.281. The van der Waals surface area contributed by atoms with E-state index in [1.165, 1.54) is 38.5 Å². The molecule has 0 aliphatic heterocycles. The average molecular weight is 389 g/mol. The first-order chi connectivity index (χ1) is 10.6. The SMILES string of the molecule is CCCCCCCCCCOC(=O)C([NH3+])CCCNC(N)[NH3+].[Cl-].[Cl-]. The minimum absolute atomic E-state index is 0. The Morgan fingerprint density at radius 1 is 1.00 bits per heavy atom. The molecule has 9 N–H and O–H groups in total. The van der Waals surface area contributed by atoms with Crippen LogP contribution in [-0.2, 0) is 9.53 Å². The highest BCUT2D eigenvalue weighted by molar-refractivity contribution is 5.73. The zero-order valence-corrected chi connectivity index (χ0v) is 16.7. The Morgan fingerprint density at radius 2 is 1.54 bits per heavy atom. The van der Waals surface area contributed by atoms with Gasteiger partial charge in [-0.1, -0.05) is 51.9 Å². The van der Waals surface area contributed by atoms with Crippen LogP contribution in [0.1, 0.15) is 71.1 Å². The smallest absolute Gasteiger partial charge is 0.364 e. The van der Waals surface area contributed by atoms with E-state index in [-0.39, 0.29) is 43.1 Å². The molecule has 0 heterocycles. The van der Waals surface area contributed by atoms with Crippen molar-refractivity contribution in [1.82, 2.24) is 5.32 Å². The molecule has 0 aliphatic carbocycles. The third-order valence-electron chi connectivity index (χ3n) is 3.71. The summed E-state index contributed by atoms with van der Waals surface area (Å²) in [4.78, 5) is 11.7. The summed E-state index contributed by atoms with van der Waals surface area (Å²) < 4.78 is 5.27. The molecule has 0 fully saturated rings. The lowest BCUT2D eigenvalue weighted by atomic mass is 10.1. The molecule has 0 saturated heterocycles. The summed E-state index contributed by atoms with van der Waals surface area (Å²) in [6.45, 7) is 3.51. The van der Waals surface area contributed by atoms with Crippen LogP contribution in [0.15, 0.2) is 0 Å². The third-order valence-corrected chi connectivity index (χ3v) is 3.71. The van der Waals surface area contributed by atoms with Crippen molar-refractivity contribution in [1.29, 1.82) is 0 Å².